The average molecular weight is 409 g/mol. The number of fused-ring (bicyclic) bond motifs is 5. The molecular formula is C27H36O3. The van der Waals surface area contributed by atoms with Gasteiger partial charge in [0, 0.05) is 5.56 Å². The Morgan fingerprint density at radius 3 is 2.70 bits per heavy atom. The largest absolute Gasteiger partial charge is 0.493 e. The van der Waals surface area contributed by atoms with Crippen LogP contribution < -0.4 is 14.2 Å². The minimum absolute atomic E-state index is 0.455. The fourth-order valence-electron chi connectivity index (χ4n) is 9.56. The highest BCUT2D eigenvalue weighted by Gasteiger charge is 2.75. The molecule has 1 aromatic rings. The van der Waals surface area contributed by atoms with Gasteiger partial charge in [0.15, 0.2) is 11.5 Å². The predicted octanol–water partition coefficient (Wildman–Crippen LogP) is 6.30. The van der Waals surface area contributed by atoms with Crippen LogP contribution in [0.1, 0.15) is 75.8 Å². The molecule has 3 nitrogen and oxygen atoms in total. The third-order valence-electron chi connectivity index (χ3n) is 10.8. The summed E-state index contributed by atoms with van der Waals surface area (Å²) in [5, 5.41) is 0. The summed E-state index contributed by atoms with van der Waals surface area (Å²) in [5.41, 5.74) is 4.30. The van der Waals surface area contributed by atoms with Gasteiger partial charge in [-0.25, -0.2) is 0 Å². The van der Waals surface area contributed by atoms with Crippen LogP contribution in [0.3, 0.4) is 0 Å². The average Bonchev–Trinajstić information content (AvgIpc) is 3.19. The highest BCUT2D eigenvalue weighted by Crippen LogP contribution is 2.83. The van der Waals surface area contributed by atoms with Gasteiger partial charge in [0.05, 0.1) is 7.11 Å². The Kier molecular flexibility index (Phi) is 3.94. The van der Waals surface area contributed by atoms with Crippen LogP contribution in [-0.2, 0) is 6.42 Å². The molecule has 162 valence electrons. The fourth-order valence-corrected chi connectivity index (χ4v) is 9.56. The molecular weight excluding hydrogens is 372 g/mol. The van der Waals surface area contributed by atoms with Gasteiger partial charge < -0.3 is 14.2 Å². The van der Waals surface area contributed by atoms with Crippen LogP contribution in [0, 0.1) is 28.1 Å². The molecule has 3 saturated carbocycles. The molecule has 0 spiro atoms. The molecule has 3 heteroatoms. The van der Waals surface area contributed by atoms with E-state index in [1.54, 1.807) is 7.11 Å². The standard InChI is InChI=1S/C27H36O3/c1-5-18-16-27-12-11-26(18,6-2)25(27,3)10-9-19-20(27)8-7-17-15-21(28-4)23-24(22(17)19)30-14-13-29-23/h5,15,18-20H,1,6-14,16H2,2-4H3/t18-,19+,20-,25-,26-,27?/m1/s1. The molecule has 5 aliphatic rings. The van der Waals surface area contributed by atoms with Gasteiger partial charge in [-0.15, -0.1) is 6.58 Å². The molecule has 1 unspecified atom stereocenters. The van der Waals surface area contributed by atoms with Gasteiger partial charge in [0.2, 0.25) is 5.75 Å². The Balaban J connectivity index is 1.49. The summed E-state index contributed by atoms with van der Waals surface area (Å²) in [4.78, 5) is 0. The zero-order chi connectivity index (χ0) is 20.7. The van der Waals surface area contributed by atoms with Gasteiger partial charge in [0.25, 0.3) is 0 Å². The van der Waals surface area contributed by atoms with Gasteiger partial charge in [-0.1, -0.05) is 19.9 Å². The lowest BCUT2D eigenvalue weighted by Crippen LogP contribution is -2.50. The fraction of sp³-hybridized carbons (Fsp3) is 0.704. The zero-order valence-corrected chi connectivity index (χ0v) is 18.9. The number of hydrogen-bond donors (Lipinski definition) is 0. The van der Waals surface area contributed by atoms with Crippen LogP contribution in [0.25, 0.3) is 0 Å². The quantitative estimate of drug-likeness (QED) is 0.550. The van der Waals surface area contributed by atoms with Crippen LogP contribution >= 0.6 is 0 Å². The van der Waals surface area contributed by atoms with Crippen LogP contribution in [0.15, 0.2) is 18.7 Å². The van der Waals surface area contributed by atoms with Crippen molar-refractivity contribution >= 4 is 0 Å². The first-order valence-corrected chi connectivity index (χ1v) is 12.2. The third kappa shape index (κ3) is 1.95. The minimum Gasteiger partial charge on any atom is -0.493 e. The normalized spacial score (nSPS) is 42.8. The van der Waals surface area contributed by atoms with Crippen molar-refractivity contribution in [1.82, 2.24) is 0 Å². The maximum Gasteiger partial charge on any atom is 0.204 e. The van der Waals surface area contributed by atoms with Crippen LogP contribution in [0.5, 0.6) is 17.2 Å². The molecule has 30 heavy (non-hydrogen) atoms. The molecule has 0 N–H and O–H groups in total. The number of methoxy groups -OCH3 is 1. The molecule has 6 rings (SSSR count). The third-order valence-corrected chi connectivity index (χ3v) is 10.8. The number of aryl methyl sites for hydroxylation is 1. The summed E-state index contributed by atoms with van der Waals surface area (Å²) in [6.45, 7) is 10.7. The van der Waals surface area contributed by atoms with E-state index in [-0.39, 0.29) is 0 Å². The second kappa shape index (κ2) is 6.20. The molecule has 1 aliphatic heterocycles. The summed E-state index contributed by atoms with van der Waals surface area (Å²) in [5.74, 6) is 4.73. The molecule has 1 aromatic carbocycles. The molecule has 1 heterocycles. The van der Waals surface area contributed by atoms with Crippen molar-refractivity contribution in [2.24, 2.45) is 28.1 Å². The lowest BCUT2D eigenvalue weighted by atomic mass is 9.47. The second-order valence-corrected chi connectivity index (χ2v) is 10.8. The van der Waals surface area contributed by atoms with E-state index in [1.165, 1.54) is 56.1 Å². The summed E-state index contributed by atoms with van der Waals surface area (Å²) in [6, 6.07) is 2.25. The highest BCUT2D eigenvalue weighted by molar-refractivity contribution is 5.62. The first-order chi connectivity index (χ1) is 14.5. The smallest absolute Gasteiger partial charge is 0.204 e. The maximum absolute atomic E-state index is 6.29. The van der Waals surface area contributed by atoms with Gasteiger partial charge in [-0.05, 0) is 97.0 Å². The SMILES string of the molecule is C=C[C@@H]1CC23CC[C@@]1(CC)[C@@]2(C)CC[C@@H]1c2c(cc(OC)c4c2OCCO4)CC[C@H]13. The maximum atomic E-state index is 6.29. The summed E-state index contributed by atoms with van der Waals surface area (Å²) >= 11 is 0. The Bertz CT molecular complexity index is 906. The molecule has 0 aromatic heterocycles. The zero-order valence-electron chi connectivity index (χ0n) is 18.9. The lowest BCUT2D eigenvalue weighted by molar-refractivity contribution is -0.0592. The van der Waals surface area contributed by atoms with E-state index < -0.39 is 0 Å². The van der Waals surface area contributed by atoms with Gasteiger partial charge in [-0.2, -0.15) is 0 Å². The van der Waals surface area contributed by atoms with Crippen molar-refractivity contribution in [1.29, 1.82) is 0 Å². The minimum atomic E-state index is 0.455. The number of hydrogen-bond acceptors (Lipinski definition) is 3. The van der Waals surface area contributed by atoms with E-state index in [0.29, 0.717) is 41.3 Å². The van der Waals surface area contributed by atoms with E-state index in [4.69, 9.17) is 14.2 Å². The van der Waals surface area contributed by atoms with E-state index in [1.807, 2.05) is 0 Å². The Morgan fingerprint density at radius 2 is 1.97 bits per heavy atom. The lowest BCUT2D eigenvalue weighted by Gasteiger charge is -2.57. The molecule has 2 bridgehead atoms. The summed E-state index contributed by atoms with van der Waals surface area (Å²) < 4.78 is 18.0. The van der Waals surface area contributed by atoms with Crippen LogP contribution in [0.4, 0.5) is 0 Å². The van der Waals surface area contributed by atoms with Crippen molar-refractivity contribution in [3.05, 3.63) is 29.8 Å². The summed E-state index contributed by atoms with van der Waals surface area (Å²) in [7, 11) is 1.74. The first kappa shape index (κ1) is 19.1. The Hall–Kier alpha value is -1.64. The molecule has 0 radical (unpaired) electrons. The molecule has 6 atom stereocenters. The van der Waals surface area contributed by atoms with Gasteiger partial charge in [0.1, 0.15) is 13.2 Å². The number of allylic oxidation sites excluding steroid dienone is 1. The first-order valence-electron chi connectivity index (χ1n) is 12.2. The summed E-state index contributed by atoms with van der Waals surface area (Å²) in [6.07, 6.45) is 12.9. The van der Waals surface area contributed by atoms with E-state index in [9.17, 15) is 0 Å². The van der Waals surface area contributed by atoms with Gasteiger partial charge >= 0.3 is 0 Å². The molecule has 4 aliphatic carbocycles. The Morgan fingerprint density at radius 1 is 1.17 bits per heavy atom. The number of rotatable bonds is 3. The van der Waals surface area contributed by atoms with Crippen molar-refractivity contribution in [2.45, 2.75) is 71.1 Å². The second-order valence-electron chi connectivity index (χ2n) is 10.8. The Labute approximate surface area is 181 Å². The number of ether oxygens (including phenoxy) is 3. The van der Waals surface area contributed by atoms with E-state index >= 15 is 0 Å². The van der Waals surface area contributed by atoms with E-state index in [2.05, 4.69) is 32.6 Å². The van der Waals surface area contributed by atoms with Crippen molar-refractivity contribution < 1.29 is 14.2 Å². The number of benzene rings is 1. The monoisotopic (exact) mass is 408 g/mol. The van der Waals surface area contributed by atoms with Crippen molar-refractivity contribution in [2.75, 3.05) is 20.3 Å². The van der Waals surface area contributed by atoms with Crippen molar-refractivity contribution in [3.63, 3.8) is 0 Å². The van der Waals surface area contributed by atoms with Crippen LogP contribution in [0.2, 0.25) is 0 Å². The predicted molar refractivity (Wildman–Crippen MR) is 119 cm³/mol. The molecule has 0 amide bonds. The topological polar surface area (TPSA) is 27.7 Å². The molecule has 0 saturated heterocycles. The van der Waals surface area contributed by atoms with Crippen LogP contribution in [-0.4, -0.2) is 20.3 Å². The highest BCUT2D eigenvalue weighted by atomic mass is 16.6. The molecule has 3 fully saturated rings. The van der Waals surface area contributed by atoms with Gasteiger partial charge in [-0.3, -0.25) is 0 Å². The van der Waals surface area contributed by atoms with E-state index in [0.717, 1.165) is 29.6 Å². The van der Waals surface area contributed by atoms with Crippen molar-refractivity contribution in [3.8, 4) is 17.2 Å².